The fraction of sp³-hybridized carbons (Fsp3) is 0.0833. The Morgan fingerprint density at radius 3 is 2.74 bits per heavy atom. The maximum Gasteiger partial charge on any atom is 0.258 e. The number of aryl methyl sites for hydroxylation is 1. The summed E-state index contributed by atoms with van der Waals surface area (Å²) in [6, 6.07) is 3.11. The number of halogens is 2. The predicted octanol–water partition coefficient (Wildman–Crippen LogP) is 2.93. The van der Waals surface area contributed by atoms with Gasteiger partial charge in [0.15, 0.2) is 5.15 Å². The van der Waals surface area contributed by atoms with Gasteiger partial charge in [-0.1, -0.05) is 23.2 Å². The predicted molar refractivity (Wildman–Crippen MR) is 75.6 cm³/mol. The maximum absolute atomic E-state index is 12.1. The summed E-state index contributed by atoms with van der Waals surface area (Å²) in [5, 5.41) is 3.03. The molecule has 0 aliphatic carbocycles. The third-order valence-corrected chi connectivity index (χ3v) is 2.88. The second-order valence-corrected chi connectivity index (χ2v) is 4.64. The minimum atomic E-state index is -0.420. The normalized spacial score (nSPS) is 10.3. The summed E-state index contributed by atoms with van der Waals surface area (Å²) < 4.78 is 0. The van der Waals surface area contributed by atoms with Gasteiger partial charge in [-0.3, -0.25) is 4.79 Å². The van der Waals surface area contributed by atoms with E-state index in [4.69, 9.17) is 28.9 Å². The van der Waals surface area contributed by atoms with Crippen molar-refractivity contribution in [2.75, 3.05) is 11.1 Å². The van der Waals surface area contributed by atoms with Crippen molar-refractivity contribution < 1.29 is 4.79 Å². The van der Waals surface area contributed by atoms with E-state index in [0.29, 0.717) is 5.69 Å². The molecule has 0 saturated carbocycles. The number of carbonyl (C=O) groups excluding carboxylic acids is 1. The van der Waals surface area contributed by atoms with E-state index in [-0.39, 0.29) is 21.6 Å². The molecule has 0 aliphatic rings. The van der Waals surface area contributed by atoms with Crippen molar-refractivity contribution in [2.24, 2.45) is 0 Å². The lowest BCUT2D eigenvalue weighted by Crippen LogP contribution is -2.15. The Hall–Kier alpha value is -1.85. The number of aromatic nitrogens is 2. The second-order valence-electron chi connectivity index (χ2n) is 3.90. The first kappa shape index (κ1) is 13.6. The molecule has 0 radical (unpaired) electrons. The number of amides is 1. The van der Waals surface area contributed by atoms with Gasteiger partial charge >= 0.3 is 0 Å². The number of pyridine rings is 2. The molecule has 0 spiro atoms. The molecule has 2 rings (SSSR count). The average molecular weight is 297 g/mol. The van der Waals surface area contributed by atoms with Gasteiger partial charge in [-0.2, -0.15) is 0 Å². The third kappa shape index (κ3) is 3.13. The molecule has 19 heavy (non-hydrogen) atoms. The van der Waals surface area contributed by atoms with E-state index in [1.807, 2.05) is 6.92 Å². The first-order valence-corrected chi connectivity index (χ1v) is 6.07. The molecule has 3 N–H and O–H groups in total. The van der Waals surface area contributed by atoms with E-state index >= 15 is 0 Å². The lowest BCUT2D eigenvalue weighted by Gasteiger charge is -2.09. The van der Waals surface area contributed by atoms with Gasteiger partial charge in [0.25, 0.3) is 5.91 Å². The van der Waals surface area contributed by atoms with Crippen molar-refractivity contribution in [3.63, 3.8) is 0 Å². The van der Waals surface area contributed by atoms with Crippen LogP contribution in [0.1, 0.15) is 15.9 Å². The molecular formula is C12H10Cl2N4O. The van der Waals surface area contributed by atoms with Crippen LogP contribution in [-0.4, -0.2) is 15.9 Å². The molecular weight excluding hydrogens is 287 g/mol. The highest BCUT2D eigenvalue weighted by molar-refractivity contribution is 6.33. The molecule has 0 aliphatic heterocycles. The fourth-order valence-electron chi connectivity index (χ4n) is 1.47. The minimum Gasteiger partial charge on any atom is -0.397 e. The first-order chi connectivity index (χ1) is 8.97. The van der Waals surface area contributed by atoms with E-state index in [1.165, 1.54) is 12.3 Å². The van der Waals surface area contributed by atoms with Crippen molar-refractivity contribution in [3.05, 3.63) is 46.0 Å². The van der Waals surface area contributed by atoms with Crippen LogP contribution < -0.4 is 11.1 Å². The second kappa shape index (κ2) is 5.42. The summed E-state index contributed by atoms with van der Waals surface area (Å²) in [7, 11) is 0. The summed E-state index contributed by atoms with van der Waals surface area (Å²) in [6.07, 6.45) is 2.93. The Bertz CT molecular complexity index is 646. The molecule has 2 heterocycles. The summed E-state index contributed by atoms with van der Waals surface area (Å²) in [5.41, 5.74) is 7.44. The fourth-order valence-corrected chi connectivity index (χ4v) is 1.78. The molecule has 2 aromatic heterocycles. The quantitative estimate of drug-likeness (QED) is 0.835. The zero-order valence-electron chi connectivity index (χ0n) is 9.95. The zero-order chi connectivity index (χ0) is 14.0. The van der Waals surface area contributed by atoms with Crippen LogP contribution in [-0.2, 0) is 0 Å². The van der Waals surface area contributed by atoms with E-state index in [2.05, 4.69) is 15.3 Å². The van der Waals surface area contributed by atoms with E-state index in [0.717, 1.165) is 5.56 Å². The first-order valence-electron chi connectivity index (χ1n) is 5.32. The summed E-state index contributed by atoms with van der Waals surface area (Å²) in [5.74, 6) is -0.420. The van der Waals surface area contributed by atoms with Crippen molar-refractivity contribution in [2.45, 2.75) is 6.92 Å². The standard InChI is InChI=1S/C12H10Cl2N4O/c1-6-2-9(11(14)17-4-6)18-12(19)7-3-10(13)16-5-8(7)15/h2-5H,15H2,1H3,(H,18,19). The number of hydrogen-bond donors (Lipinski definition) is 2. The van der Waals surface area contributed by atoms with Crippen molar-refractivity contribution in [1.29, 1.82) is 0 Å². The van der Waals surface area contributed by atoms with E-state index < -0.39 is 5.91 Å². The lowest BCUT2D eigenvalue weighted by atomic mass is 10.2. The SMILES string of the molecule is Cc1cnc(Cl)c(NC(=O)c2cc(Cl)ncc2N)c1. The molecule has 2 aromatic rings. The number of hydrogen-bond acceptors (Lipinski definition) is 4. The Morgan fingerprint density at radius 2 is 2.00 bits per heavy atom. The van der Waals surface area contributed by atoms with Gasteiger partial charge in [0.1, 0.15) is 5.15 Å². The van der Waals surface area contributed by atoms with Crippen LogP contribution >= 0.6 is 23.2 Å². The number of nitrogens with one attached hydrogen (secondary N) is 1. The van der Waals surface area contributed by atoms with Gasteiger partial charge in [0.2, 0.25) is 0 Å². The van der Waals surface area contributed by atoms with Crippen LogP contribution in [0.3, 0.4) is 0 Å². The molecule has 7 heteroatoms. The summed E-state index contributed by atoms with van der Waals surface area (Å²) in [6.45, 7) is 1.84. The zero-order valence-corrected chi connectivity index (χ0v) is 11.5. The van der Waals surface area contributed by atoms with Crippen molar-refractivity contribution >= 4 is 40.5 Å². The van der Waals surface area contributed by atoms with Gasteiger partial charge in [0.05, 0.1) is 23.1 Å². The van der Waals surface area contributed by atoms with Crippen LogP contribution in [0.25, 0.3) is 0 Å². The molecule has 0 atom stereocenters. The Morgan fingerprint density at radius 1 is 1.26 bits per heavy atom. The summed E-state index contributed by atoms with van der Waals surface area (Å²) in [4.78, 5) is 19.8. The number of carbonyl (C=O) groups is 1. The smallest absolute Gasteiger partial charge is 0.258 e. The molecule has 98 valence electrons. The van der Waals surface area contributed by atoms with Crippen LogP contribution in [0.15, 0.2) is 24.5 Å². The molecule has 0 fully saturated rings. The van der Waals surface area contributed by atoms with Crippen LogP contribution in [0.4, 0.5) is 11.4 Å². The molecule has 1 amide bonds. The Balaban J connectivity index is 2.30. The monoisotopic (exact) mass is 296 g/mol. The van der Waals surface area contributed by atoms with Crippen molar-refractivity contribution in [3.8, 4) is 0 Å². The number of nitrogens with two attached hydrogens (primary N) is 1. The number of nitrogen functional groups attached to an aromatic ring is 1. The highest BCUT2D eigenvalue weighted by Gasteiger charge is 2.13. The molecule has 0 bridgehead atoms. The van der Waals surface area contributed by atoms with Crippen molar-refractivity contribution in [1.82, 2.24) is 9.97 Å². The summed E-state index contributed by atoms with van der Waals surface area (Å²) >= 11 is 11.6. The van der Waals surface area contributed by atoms with E-state index in [9.17, 15) is 4.79 Å². The number of rotatable bonds is 2. The molecule has 5 nitrogen and oxygen atoms in total. The van der Waals surface area contributed by atoms with E-state index in [1.54, 1.807) is 12.3 Å². The van der Waals surface area contributed by atoms with Gasteiger partial charge in [-0.25, -0.2) is 9.97 Å². The van der Waals surface area contributed by atoms with Gasteiger partial charge in [-0.05, 0) is 24.6 Å². The molecule has 0 saturated heterocycles. The highest BCUT2D eigenvalue weighted by Crippen LogP contribution is 2.22. The Kier molecular flexibility index (Phi) is 3.87. The maximum atomic E-state index is 12.1. The number of nitrogens with zero attached hydrogens (tertiary/aromatic N) is 2. The van der Waals surface area contributed by atoms with Gasteiger partial charge in [-0.15, -0.1) is 0 Å². The van der Waals surface area contributed by atoms with Crippen LogP contribution in [0.5, 0.6) is 0 Å². The third-order valence-electron chi connectivity index (χ3n) is 2.37. The largest absolute Gasteiger partial charge is 0.397 e. The highest BCUT2D eigenvalue weighted by atomic mass is 35.5. The Labute approximate surface area is 119 Å². The van der Waals surface area contributed by atoms with Crippen LogP contribution in [0, 0.1) is 6.92 Å². The topological polar surface area (TPSA) is 80.9 Å². The number of anilines is 2. The molecule has 0 unspecified atom stereocenters. The van der Waals surface area contributed by atoms with Crippen LogP contribution in [0.2, 0.25) is 10.3 Å². The lowest BCUT2D eigenvalue weighted by molar-refractivity contribution is 0.102. The minimum absolute atomic E-state index is 0.188. The van der Waals surface area contributed by atoms with Gasteiger partial charge < -0.3 is 11.1 Å². The molecule has 0 aromatic carbocycles. The van der Waals surface area contributed by atoms with Gasteiger partial charge in [0, 0.05) is 6.20 Å². The average Bonchev–Trinajstić information content (AvgIpc) is 2.36.